The fourth-order valence-electron chi connectivity index (χ4n) is 5.85. The van der Waals surface area contributed by atoms with E-state index in [0.29, 0.717) is 37.7 Å². The molecule has 0 fully saturated rings. The summed E-state index contributed by atoms with van der Waals surface area (Å²) in [5.74, 6) is 1.26. The molecule has 1 heterocycles. The van der Waals surface area contributed by atoms with Crippen LogP contribution in [0.1, 0.15) is 38.0 Å². The second-order valence-corrected chi connectivity index (χ2v) is 18.8. The molecule has 0 bridgehead atoms. The molecule has 0 saturated carbocycles. The first kappa shape index (κ1) is 35.4. The molecule has 3 N–H and O–H groups in total. The van der Waals surface area contributed by atoms with Crippen LogP contribution in [0.25, 0.3) is 21.8 Å². The van der Waals surface area contributed by atoms with E-state index in [-0.39, 0.29) is 6.10 Å². The fraction of sp³-hybridized carbons (Fsp3) is 0.351. The SMILES string of the molecule is CC[Si](CC)(CC)OC(CNCCOc1ccc2c(c1)[nH]c1ccccc12)c1ccc(OCc2ccccc2)c(NS(=O)(=O)N(C)C)c1. The molecule has 256 valence electrons. The number of anilines is 1. The zero-order valence-electron chi connectivity index (χ0n) is 28.6. The quantitative estimate of drug-likeness (QED) is 0.0640. The van der Waals surface area contributed by atoms with E-state index in [1.54, 1.807) is 0 Å². The van der Waals surface area contributed by atoms with Gasteiger partial charge in [0.1, 0.15) is 24.7 Å². The lowest BCUT2D eigenvalue weighted by molar-refractivity contribution is 0.183. The van der Waals surface area contributed by atoms with Gasteiger partial charge in [-0.15, -0.1) is 0 Å². The number of H-pyrrole nitrogens is 1. The van der Waals surface area contributed by atoms with Gasteiger partial charge in [-0.3, -0.25) is 4.72 Å². The Kier molecular flexibility index (Phi) is 11.8. The maximum absolute atomic E-state index is 13.0. The molecular weight excluding hydrogens is 641 g/mol. The van der Waals surface area contributed by atoms with Gasteiger partial charge >= 0.3 is 10.2 Å². The zero-order valence-corrected chi connectivity index (χ0v) is 30.4. The van der Waals surface area contributed by atoms with Crippen molar-refractivity contribution in [2.45, 2.75) is 51.6 Å². The van der Waals surface area contributed by atoms with Crippen LogP contribution in [0.4, 0.5) is 5.69 Å². The molecule has 1 aromatic heterocycles. The van der Waals surface area contributed by atoms with E-state index in [2.05, 4.69) is 54.0 Å². The molecule has 0 radical (unpaired) electrons. The number of nitrogens with one attached hydrogen (secondary N) is 3. The number of aromatic amines is 1. The second-order valence-electron chi connectivity index (χ2n) is 12.2. The van der Waals surface area contributed by atoms with Gasteiger partial charge in [0.15, 0.2) is 8.32 Å². The molecular formula is C37H48N4O5SSi. The van der Waals surface area contributed by atoms with Crippen LogP contribution in [0.2, 0.25) is 18.1 Å². The summed E-state index contributed by atoms with van der Waals surface area (Å²) in [4.78, 5) is 3.47. The minimum atomic E-state index is -3.78. The molecule has 0 amide bonds. The Morgan fingerprint density at radius 1 is 0.812 bits per heavy atom. The summed E-state index contributed by atoms with van der Waals surface area (Å²) in [5.41, 5.74) is 4.40. The molecule has 0 aliphatic carbocycles. The molecule has 0 aliphatic rings. The van der Waals surface area contributed by atoms with E-state index in [4.69, 9.17) is 13.9 Å². The van der Waals surface area contributed by atoms with Crippen LogP contribution in [0.5, 0.6) is 11.5 Å². The third-order valence-corrected chi connectivity index (χ3v) is 15.1. The van der Waals surface area contributed by atoms with Crippen molar-refractivity contribution in [3.05, 3.63) is 102 Å². The van der Waals surface area contributed by atoms with E-state index in [0.717, 1.165) is 50.3 Å². The van der Waals surface area contributed by atoms with Crippen molar-refractivity contribution in [3.8, 4) is 11.5 Å². The molecule has 1 atom stereocenters. The average Bonchev–Trinajstić information content (AvgIpc) is 3.47. The highest BCUT2D eigenvalue weighted by Gasteiger charge is 2.33. The summed E-state index contributed by atoms with van der Waals surface area (Å²) in [6, 6.07) is 32.9. The van der Waals surface area contributed by atoms with Gasteiger partial charge in [0.25, 0.3) is 0 Å². The van der Waals surface area contributed by atoms with Crippen LogP contribution in [0.3, 0.4) is 0 Å². The Bertz CT molecular complexity index is 1890. The number of fused-ring (bicyclic) bond motifs is 3. The lowest BCUT2D eigenvalue weighted by Crippen LogP contribution is -2.40. The van der Waals surface area contributed by atoms with Crippen molar-refractivity contribution >= 4 is 46.0 Å². The lowest BCUT2D eigenvalue weighted by Gasteiger charge is -2.34. The largest absolute Gasteiger partial charge is 0.492 e. The van der Waals surface area contributed by atoms with Gasteiger partial charge in [-0.2, -0.15) is 12.7 Å². The van der Waals surface area contributed by atoms with Crippen LogP contribution in [0.15, 0.2) is 91.0 Å². The summed E-state index contributed by atoms with van der Waals surface area (Å²) in [5, 5.41) is 5.92. The molecule has 0 aliphatic heterocycles. The van der Waals surface area contributed by atoms with Gasteiger partial charge in [0, 0.05) is 49.5 Å². The number of para-hydroxylation sites is 1. The standard InChI is InChI=1S/C37H48N4O5SSi/c1-6-48(7-2,8-3)46-37(26-38-22-23-44-30-19-20-32-31-16-12-13-17-33(31)39-34(32)25-30)29-18-21-36(45-27-28-14-10-9-11-15-28)35(24-29)40-47(42,43)41(4)5/h9-21,24-25,37-40H,6-8,22-23,26-27H2,1-5H3. The summed E-state index contributed by atoms with van der Waals surface area (Å²) >= 11 is 0. The Balaban J connectivity index is 1.32. The van der Waals surface area contributed by atoms with Crippen molar-refractivity contribution < 1.29 is 22.3 Å². The van der Waals surface area contributed by atoms with Crippen molar-refractivity contribution in [1.29, 1.82) is 0 Å². The summed E-state index contributed by atoms with van der Waals surface area (Å²) in [7, 11) is -2.82. The summed E-state index contributed by atoms with van der Waals surface area (Å²) < 4.78 is 49.1. The number of rotatable bonds is 18. The van der Waals surface area contributed by atoms with Gasteiger partial charge in [-0.05, 0) is 59.6 Å². The number of hydrogen-bond acceptors (Lipinski definition) is 6. The normalized spacial score (nSPS) is 12.9. The molecule has 11 heteroatoms. The summed E-state index contributed by atoms with van der Waals surface area (Å²) in [6.07, 6.45) is -0.287. The molecule has 0 saturated heterocycles. The first-order valence-electron chi connectivity index (χ1n) is 16.7. The second kappa shape index (κ2) is 16.0. The van der Waals surface area contributed by atoms with Gasteiger partial charge < -0.3 is 24.2 Å². The number of nitrogens with zero attached hydrogens (tertiary/aromatic N) is 1. The lowest BCUT2D eigenvalue weighted by atomic mass is 10.1. The highest BCUT2D eigenvalue weighted by Crippen LogP contribution is 2.35. The van der Waals surface area contributed by atoms with E-state index < -0.39 is 18.5 Å². The van der Waals surface area contributed by atoms with Crippen molar-refractivity contribution in [2.24, 2.45) is 0 Å². The van der Waals surface area contributed by atoms with E-state index >= 15 is 0 Å². The predicted molar refractivity (Wildman–Crippen MR) is 199 cm³/mol. The highest BCUT2D eigenvalue weighted by atomic mass is 32.2. The number of benzene rings is 4. The molecule has 48 heavy (non-hydrogen) atoms. The Labute approximate surface area is 285 Å². The number of hydrogen-bond donors (Lipinski definition) is 3. The smallest absolute Gasteiger partial charge is 0.301 e. The van der Waals surface area contributed by atoms with Crippen LogP contribution in [0, 0.1) is 0 Å². The first-order valence-corrected chi connectivity index (χ1v) is 20.7. The van der Waals surface area contributed by atoms with Gasteiger partial charge in [-0.25, -0.2) is 0 Å². The van der Waals surface area contributed by atoms with Crippen LogP contribution in [-0.4, -0.2) is 59.8 Å². The molecule has 5 rings (SSSR count). The van der Waals surface area contributed by atoms with Crippen LogP contribution >= 0.6 is 0 Å². The minimum Gasteiger partial charge on any atom is -0.492 e. The Hall–Kier alpha value is -3.87. The zero-order chi connectivity index (χ0) is 34.1. The molecule has 5 aromatic rings. The molecule has 0 spiro atoms. The van der Waals surface area contributed by atoms with Crippen molar-refractivity contribution in [1.82, 2.24) is 14.6 Å². The number of ether oxygens (including phenoxy) is 2. The third-order valence-electron chi connectivity index (χ3n) is 9.01. The van der Waals surface area contributed by atoms with Crippen molar-refractivity contribution in [2.75, 3.05) is 38.5 Å². The van der Waals surface area contributed by atoms with Gasteiger partial charge in [-0.1, -0.05) is 75.4 Å². The van der Waals surface area contributed by atoms with E-state index in [9.17, 15) is 8.42 Å². The third kappa shape index (κ3) is 8.58. The monoisotopic (exact) mass is 688 g/mol. The summed E-state index contributed by atoms with van der Waals surface area (Å²) in [6.45, 7) is 8.57. The molecule has 1 unspecified atom stereocenters. The average molecular weight is 689 g/mol. The Morgan fingerprint density at radius 2 is 1.52 bits per heavy atom. The van der Waals surface area contributed by atoms with Crippen molar-refractivity contribution in [3.63, 3.8) is 0 Å². The number of aromatic nitrogens is 1. The molecule has 4 aromatic carbocycles. The van der Waals surface area contributed by atoms with Crippen LogP contribution < -0.4 is 19.5 Å². The van der Waals surface area contributed by atoms with E-state index in [1.165, 1.54) is 24.9 Å². The Morgan fingerprint density at radius 3 is 2.25 bits per heavy atom. The minimum absolute atomic E-state index is 0.287. The van der Waals surface area contributed by atoms with E-state index in [1.807, 2.05) is 72.8 Å². The highest BCUT2D eigenvalue weighted by molar-refractivity contribution is 7.90. The maximum atomic E-state index is 13.0. The predicted octanol–water partition coefficient (Wildman–Crippen LogP) is 7.85. The molecule has 9 nitrogen and oxygen atoms in total. The van der Waals surface area contributed by atoms with Gasteiger partial charge in [0.2, 0.25) is 0 Å². The maximum Gasteiger partial charge on any atom is 0.301 e. The van der Waals surface area contributed by atoms with Gasteiger partial charge in [0.05, 0.1) is 17.3 Å². The fourth-order valence-corrected chi connectivity index (χ4v) is 9.29. The topological polar surface area (TPSA) is 105 Å². The first-order chi connectivity index (χ1) is 23.2. The van der Waals surface area contributed by atoms with Crippen LogP contribution in [-0.2, 0) is 21.2 Å².